The molecule has 0 heterocycles. The number of halogens is 1. The molecule has 3 fully saturated rings. The van der Waals surface area contributed by atoms with E-state index >= 15 is 0 Å². The van der Waals surface area contributed by atoms with Crippen LogP contribution in [0.15, 0.2) is 41.5 Å². The third kappa shape index (κ3) is 2.80. The fourth-order valence-corrected chi connectivity index (χ4v) is 7.22. The fraction of sp³-hybridized carbons (Fsp3) is 0.577. The Balaban J connectivity index is 1.49. The second-order valence-corrected chi connectivity index (χ2v) is 10.3. The first-order valence-corrected chi connectivity index (χ1v) is 11.2. The first-order valence-electron chi connectivity index (χ1n) is 11.2. The third-order valence-corrected chi connectivity index (χ3v) is 8.95. The SMILES string of the molecule is C[C@]12CCC(O)CC1=CCC1C2CC[C@]2(C)C(=O)/C(=C/c3ccccc3F)CC12. The molecule has 0 bridgehead atoms. The van der Waals surface area contributed by atoms with Gasteiger partial charge in [-0.3, -0.25) is 4.79 Å². The second kappa shape index (κ2) is 6.63. The van der Waals surface area contributed by atoms with E-state index in [4.69, 9.17) is 0 Å². The van der Waals surface area contributed by atoms with Crippen LogP contribution in [0, 0.1) is 34.4 Å². The van der Waals surface area contributed by atoms with Gasteiger partial charge in [-0.2, -0.15) is 0 Å². The van der Waals surface area contributed by atoms with E-state index in [1.807, 2.05) is 6.07 Å². The monoisotopic (exact) mass is 394 g/mol. The van der Waals surface area contributed by atoms with Gasteiger partial charge in [0.2, 0.25) is 0 Å². The van der Waals surface area contributed by atoms with Gasteiger partial charge in [-0.05, 0) is 85.8 Å². The van der Waals surface area contributed by atoms with Crippen LogP contribution in [0.2, 0.25) is 0 Å². The van der Waals surface area contributed by atoms with Gasteiger partial charge >= 0.3 is 0 Å². The summed E-state index contributed by atoms with van der Waals surface area (Å²) >= 11 is 0. The molecular weight excluding hydrogens is 363 g/mol. The van der Waals surface area contributed by atoms with E-state index < -0.39 is 0 Å². The highest BCUT2D eigenvalue weighted by molar-refractivity contribution is 6.06. The molecule has 0 amide bonds. The average molecular weight is 395 g/mol. The van der Waals surface area contributed by atoms with E-state index in [9.17, 15) is 14.3 Å². The molecule has 0 aromatic heterocycles. The number of hydrogen-bond donors (Lipinski definition) is 1. The quantitative estimate of drug-likeness (QED) is 0.489. The molecule has 4 aliphatic carbocycles. The molecule has 154 valence electrons. The molecule has 6 atom stereocenters. The van der Waals surface area contributed by atoms with E-state index in [-0.39, 0.29) is 28.5 Å². The highest BCUT2D eigenvalue weighted by Gasteiger charge is 2.59. The number of carbonyl (C=O) groups excluding carboxylic acids is 1. The summed E-state index contributed by atoms with van der Waals surface area (Å²) in [6.07, 6.45) is 10.6. The van der Waals surface area contributed by atoms with Crippen LogP contribution in [0.3, 0.4) is 0 Å². The predicted molar refractivity (Wildman–Crippen MR) is 112 cm³/mol. The lowest BCUT2D eigenvalue weighted by atomic mass is 9.48. The Labute approximate surface area is 172 Å². The van der Waals surface area contributed by atoms with Crippen LogP contribution in [0.4, 0.5) is 4.39 Å². The minimum atomic E-state index is -0.311. The summed E-state index contributed by atoms with van der Waals surface area (Å²) in [5, 5.41) is 10.2. The van der Waals surface area contributed by atoms with Crippen LogP contribution in [-0.2, 0) is 4.79 Å². The van der Waals surface area contributed by atoms with Crippen molar-refractivity contribution in [1.29, 1.82) is 0 Å². The third-order valence-electron chi connectivity index (χ3n) is 8.95. The van der Waals surface area contributed by atoms with Crippen molar-refractivity contribution in [3.8, 4) is 0 Å². The van der Waals surface area contributed by atoms with Crippen molar-refractivity contribution in [1.82, 2.24) is 0 Å². The van der Waals surface area contributed by atoms with E-state index in [1.54, 1.807) is 18.2 Å². The van der Waals surface area contributed by atoms with Crippen molar-refractivity contribution in [3.05, 3.63) is 52.9 Å². The van der Waals surface area contributed by atoms with Gasteiger partial charge in [0.05, 0.1) is 6.10 Å². The lowest BCUT2D eigenvalue weighted by molar-refractivity contribution is -0.130. The number of fused-ring (bicyclic) bond motifs is 5. The molecule has 0 aliphatic heterocycles. The van der Waals surface area contributed by atoms with Crippen molar-refractivity contribution < 1.29 is 14.3 Å². The lowest BCUT2D eigenvalue weighted by Crippen LogP contribution is -2.50. The van der Waals surface area contributed by atoms with Gasteiger partial charge in [0, 0.05) is 11.0 Å². The standard InChI is InChI=1S/C26H31FO2/c1-25-11-9-19(28)15-18(25)7-8-20-21(25)10-12-26(2)22(20)14-17(24(26)29)13-16-5-3-4-6-23(16)27/h3-7,13,19-22,28H,8-12,14-15H2,1-2H3/b17-13+/t19?,20?,21?,22?,25-,26-/m0/s1. The maximum Gasteiger partial charge on any atom is 0.165 e. The Morgan fingerprint density at radius 2 is 1.83 bits per heavy atom. The maximum absolute atomic E-state index is 14.2. The molecule has 3 saturated carbocycles. The van der Waals surface area contributed by atoms with E-state index in [2.05, 4.69) is 19.9 Å². The van der Waals surface area contributed by atoms with Crippen LogP contribution in [0.5, 0.6) is 0 Å². The average Bonchev–Trinajstić information content (AvgIpc) is 2.95. The van der Waals surface area contributed by atoms with Crippen molar-refractivity contribution in [2.45, 2.75) is 64.9 Å². The molecule has 4 unspecified atom stereocenters. The number of hydrogen-bond acceptors (Lipinski definition) is 2. The number of aliphatic hydroxyl groups excluding tert-OH is 1. The minimum Gasteiger partial charge on any atom is -0.393 e. The van der Waals surface area contributed by atoms with Gasteiger partial charge in [-0.1, -0.05) is 43.7 Å². The van der Waals surface area contributed by atoms with Gasteiger partial charge in [0.15, 0.2) is 5.78 Å². The van der Waals surface area contributed by atoms with Crippen LogP contribution in [0.1, 0.15) is 64.4 Å². The number of aliphatic hydroxyl groups is 1. The largest absolute Gasteiger partial charge is 0.393 e. The molecule has 1 N–H and O–H groups in total. The van der Waals surface area contributed by atoms with Crippen molar-refractivity contribution >= 4 is 11.9 Å². The molecule has 1 aromatic carbocycles. The minimum absolute atomic E-state index is 0.171. The Hall–Kier alpha value is -1.74. The summed E-state index contributed by atoms with van der Waals surface area (Å²) in [5.41, 5.74) is 2.64. The molecule has 0 radical (unpaired) electrons. The van der Waals surface area contributed by atoms with Crippen LogP contribution in [0.25, 0.3) is 6.08 Å². The molecule has 2 nitrogen and oxygen atoms in total. The topological polar surface area (TPSA) is 37.3 Å². The van der Waals surface area contributed by atoms with Gasteiger partial charge in [-0.15, -0.1) is 0 Å². The fourth-order valence-electron chi connectivity index (χ4n) is 7.22. The second-order valence-electron chi connectivity index (χ2n) is 10.3. The summed E-state index contributed by atoms with van der Waals surface area (Å²) in [6, 6.07) is 6.73. The summed E-state index contributed by atoms with van der Waals surface area (Å²) in [6.45, 7) is 4.56. The van der Waals surface area contributed by atoms with Gasteiger partial charge in [0.1, 0.15) is 5.82 Å². The smallest absolute Gasteiger partial charge is 0.165 e. The molecule has 1 aromatic rings. The van der Waals surface area contributed by atoms with Crippen LogP contribution in [-0.4, -0.2) is 17.0 Å². The zero-order valence-electron chi connectivity index (χ0n) is 17.5. The van der Waals surface area contributed by atoms with Crippen LogP contribution >= 0.6 is 0 Å². The normalized spacial score (nSPS) is 42.8. The lowest BCUT2D eigenvalue weighted by Gasteiger charge is -2.56. The number of Topliss-reactive ketones (excluding diaryl/α,β-unsaturated/α-hetero) is 1. The van der Waals surface area contributed by atoms with Crippen LogP contribution < -0.4 is 0 Å². The van der Waals surface area contributed by atoms with Gasteiger partial charge in [0.25, 0.3) is 0 Å². The molecule has 29 heavy (non-hydrogen) atoms. The Morgan fingerprint density at radius 3 is 2.62 bits per heavy atom. The molecule has 5 rings (SSSR count). The number of allylic oxidation sites excluding steroid dienone is 2. The van der Waals surface area contributed by atoms with E-state index in [0.717, 1.165) is 50.5 Å². The zero-order chi connectivity index (χ0) is 20.4. The Kier molecular flexibility index (Phi) is 4.40. The molecule has 4 aliphatic rings. The molecular formula is C26H31FO2. The molecule has 0 saturated heterocycles. The molecule has 3 heteroatoms. The number of ketones is 1. The Bertz CT molecular complexity index is 915. The maximum atomic E-state index is 14.2. The van der Waals surface area contributed by atoms with Gasteiger partial charge < -0.3 is 5.11 Å². The first kappa shape index (κ1) is 19.2. The van der Waals surface area contributed by atoms with Crippen molar-refractivity contribution in [3.63, 3.8) is 0 Å². The number of rotatable bonds is 1. The predicted octanol–water partition coefficient (Wildman–Crippen LogP) is 5.71. The van der Waals surface area contributed by atoms with E-state index in [0.29, 0.717) is 23.3 Å². The summed E-state index contributed by atoms with van der Waals surface area (Å²) < 4.78 is 14.2. The number of benzene rings is 1. The van der Waals surface area contributed by atoms with Crippen molar-refractivity contribution in [2.24, 2.45) is 28.6 Å². The Morgan fingerprint density at radius 1 is 1.07 bits per heavy atom. The first-order chi connectivity index (χ1) is 13.8. The van der Waals surface area contributed by atoms with Gasteiger partial charge in [-0.25, -0.2) is 4.39 Å². The van der Waals surface area contributed by atoms with E-state index in [1.165, 1.54) is 11.6 Å². The summed E-state index contributed by atoms with van der Waals surface area (Å²) in [4.78, 5) is 13.4. The summed E-state index contributed by atoms with van der Waals surface area (Å²) in [7, 11) is 0. The highest BCUT2D eigenvalue weighted by Crippen LogP contribution is 2.64. The van der Waals surface area contributed by atoms with Crippen molar-refractivity contribution in [2.75, 3.05) is 0 Å². The highest BCUT2D eigenvalue weighted by atomic mass is 19.1. The number of carbonyl (C=O) groups is 1. The summed E-state index contributed by atoms with van der Waals surface area (Å²) in [5.74, 6) is 1.42. The zero-order valence-corrected chi connectivity index (χ0v) is 17.5. The molecule has 0 spiro atoms.